The van der Waals surface area contributed by atoms with E-state index in [0.717, 1.165) is 22.3 Å². The van der Waals surface area contributed by atoms with E-state index in [2.05, 4.69) is 4.98 Å². The summed E-state index contributed by atoms with van der Waals surface area (Å²) in [6.07, 6.45) is -1.26. The lowest BCUT2D eigenvalue weighted by Crippen LogP contribution is -2.35. The van der Waals surface area contributed by atoms with Crippen LogP contribution in [0.25, 0.3) is 0 Å². The van der Waals surface area contributed by atoms with Gasteiger partial charge in [0.25, 0.3) is 0 Å². The van der Waals surface area contributed by atoms with Gasteiger partial charge < -0.3 is 0 Å². The SMILES string of the molecule is CSCC[C@H](C)N(C)S(=O)(=O)c1ccc(C(F)(F)F)nc1. The van der Waals surface area contributed by atoms with Crippen molar-refractivity contribution >= 4 is 21.8 Å². The summed E-state index contributed by atoms with van der Waals surface area (Å²) in [6.45, 7) is 1.76. The van der Waals surface area contributed by atoms with Crippen molar-refractivity contribution in [3.63, 3.8) is 0 Å². The molecule has 1 rings (SSSR count). The molecule has 0 aliphatic carbocycles. The van der Waals surface area contributed by atoms with E-state index in [9.17, 15) is 21.6 Å². The molecule has 0 aliphatic rings. The second-order valence-corrected chi connectivity index (χ2v) is 7.51. The predicted molar refractivity (Wildman–Crippen MR) is 76.6 cm³/mol. The first kappa shape index (κ1) is 18.2. The second kappa shape index (κ2) is 6.97. The monoisotopic (exact) mass is 342 g/mol. The average Bonchev–Trinajstić information content (AvgIpc) is 2.43. The molecule has 21 heavy (non-hydrogen) atoms. The topological polar surface area (TPSA) is 50.3 Å². The van der Waals surface area contributed by atoms with Crippen molar-refractivity contribution in [2.24, 2.45) is 0 Å². The molecule has 0 unspecified atom stereocenters. The number of pyridine rings is 1. The van der Waals surface area contributed by atoms with Crippen molar-refractivity contribution in [3.8, 4) is 0 Å². The molecule has 120 valence electrons. The number of rotatable bonds is 6. The van der Waals surface area contributed by atoms with Crippen molar-refractivity contribution < 1.29 is 21.6 Å². The average molecular weight is 342 g/mol. The predicted octanol–water partition coefficient (Wildman–Crippen LogP) is 2.86. The smallest absolute Gasteiger partial charge is 0.250 e. The molecule has 0 radical (unpaired) electrons. The van der Waals surface area contributed by atoms with E-state index in [-0.39, 0.29) is 10.9 Å². The van der Waals surface area contributed by atoms with Crippen molar-refractivity contribution in [3.05, 3.63) is 24.0 Å². The summed E-state index contributed by atoms with van der Waals surface area (Å²) in [4.78, 5) is 2.94. The minimum atomic E-state index is -4.58. The number of nitrogens with zero attached hydrogens (tertiary/aromatic N) is 2. The molecule has 1 heterocycles. The van der Waals surface area contributed by atoms with Crippen molar-refractivity contribution in [1.82, 2.24) is 9.29 Å². The van der Waals surface area contributed by atoms with Crippen LogP contribution in [-0.4, -0.2) is 42.8 Å². The van der Waals surface area contributed by atoms with Gasteiger partial charge >= 0.3 is 6.18 Å². The Morgan fingerprint density at radius 2 is 2.00 bits per heavy atom. The molecule has 0 aromatic carbocycles. The van der Waals surface area contributed by atoms with Crippen LogP contribution in [-0.2, 0) is 16.2 Å². The summed E-state index contributed by atoms with van der Waals surface area (Å²) in [7, 11) is -2.42. The van der Waals surface area contributed by atoms with Gasteiger partial charge in [0, 0.05) is 19.3 Å². The Hall–Kier alpha value is -0.800. The van der Waals surface area contributed by atoms with Crippen molar-refractivity contribution in [2.45, 2.75) is 30.5 Å². The quantitative estimate of drug-likeness (QED) is 0.798. The number of aromatic nitrogens is 1. The molecule has 9 heteroatoms. The zero-order valence-electron chi connectivity index (χ0n) is 11.9. The number of alkyl halides is 3. The summed E-state index contributed by atoms with van der Waals surface area (Å²) >= 11 is 1.60. The first-order valence-corrected chi connectivity index (χ1v) is 8.94. The third-order valence-corrected chi connectivity index (χ3v) is 5.66. The lowest BCUT2D eigenvalue weighted by atomic mass is 10.3. The second-order valence-electron chi connectivity index (χ2n) is 4.53. The van der Waals surface area contributed by atoms with Gasteiger partial charge in [-0.2, -0.15) is 29.2 Å². The van der Waals surface area contributed by atoms with E-state index < -0.39 is 21.9 Å². The van der Waals surface area contributed by atoms with Gasteiger partial charge in [-0.25, -0.2) is 8.42 Å². The molecule has 1 aromatic heterocycles. The van der Waals surface area contributed by atoms with E-state index in [1.807, 2.05) is 6.26 Å². The molecular formula is C12H17F3N2O2S2. The fraction of sp³-hybridized carbons (Fsp3) is 0.583. The molecule has 0 N–H and O–H groups in total. The summed E-state index contributed by atoms with van der Waals surface area (Å²) in [5, 5.41) is 0. The summed E-state index contributed by atoms with van der Waals surface area (Å²) in [5.41, 5.74) is -1.11. The van der Waals surface area contributed by atoms with Crippen LogP contribution >= 0.6 is 11.8 Å². The highest BCUT2D eigenvalue weighted by Gasteiger charge is 2.33. The maximum atomic E-state index is 12.4. The van der Waals surface area contributed by atoms with Crippen LogP contribution in [0.3, 0.4) is 0 Å². The highest BCUT2D eigenvalue weighted by Crippen LogP contribution is 2.28. The Bertz CT molecular complexity index is 559. The number of hydrogen-bond donors (Lipinski definition) is 0. The van der Waals surface area contributed by atoms with Crippen LogP contribution in [0.15, 0.2) is 23.2 Å². The first-order chi connectivity index (χ1) is 9.60. The van der Waals surface area contributed by atoms with Gasteiger partial charge in [-0.05, 0) is 37.5 Å². The number of sulfonamides is 1. The highest BCUT2D eigenvalue weighted by molar-refractivity contribution is 7.98. The van der Waals surface area contributed by atoms with E-state index in [0.29, 0.717) is 12.5 Å². The third kappa shape index (κ3) is 4.58. The summed E-state index contributed by atoms with van der Waals surface area (Å²) in [5.74, 6) is 0.798. The highest BCUT2D eigenvalue weighted by atomic mass is 32.2. The summed E-state index contributed by atoms with van der Waals surface area (Å²) in [6, 6.07) is 1.36. The lowest BCUT2D eigenvalue weighted by molar-refractivity contribution is -0.141. The molecule has 0 saturated carbocycles. The number of halogens is 3. The fourth-order valence-corrected chi connectivity index (χ4v) is 3.49. The molecule has 0 saturated heterocycles. The maximum absolute atomic E-state index is 12.4. The van der Waals surface area contributed by atoms with Crippen LogP contribution in [0.1, 0.15) is 19.0 Å². The van der Waals surface area contributed by atoms with Crippen molar-refractivity contribution in [2.75, 3.05) is 19.1 Å². The Morgan fingerprint density at radius 3 is 2.43 bits per heavy atom. The Kier molecular flexibility index (Phi) is 6.06. The Balaban J connectivity index is 2.97. The standard InChI is InChI=1S/C12H17F3N2O2S2/c1-9(6-7-20-3)17(2)21(18,19)10-4-5-11(16-8-10)12(13,14)15/h4-5,8-9H,6-7H2,1-3H3/t9-/m0/s1. The van der Waals surface area contributed by atoms with Crippen LogP contribution in [0.4, 0.5) is 13.2 Å². The zero-order valence-corrected chi connectivity index (χ0v) is 13.5. The molecule has 4 nitrogen and oxygen atoms in total. The Labute approximate surface area is 126 Å². The van der Waals surface area contributed by atoms with Gasteiger partial charge in [0.2, 0.25) is 10.0 Å². The van der Waals surface area contributed by atoms with E-state index in [1.54, 1.807) is 18.7 Å². The summed E-state index contributed by atoms with van der Waals surface area (Å²) < 4.78 is 63.0. The van der Waals surface area contributed by atoms with Gasteiger partial charge in [-0.3, -0.25) is 4.98 Å². The van der Waals surface area contributed by atoms with Crippen LogP contribution in [0, 0.1) is 0 Å². The molecule has 1 atom stereocenters. The van der Waals surface area contributed by atoms with Crippen LogP contribution in [0.5, 0.6) is 0 Å². The van der Waals surface area contributed by atoms with Gasteiger partial charge in [0.1, 0.15) is 10.6 Å². The van der Waals surface area contributed by atoms with Crippen LogP contribution < -0.4 is 0 Å². The zero-order chi connectivity index (χ0) is 16.3. The van der Waals surface area contributed by atoms with Gasteiger partial charge in [-0.15, -0.1) is 0 Å². The molecule has 0 amide bonds. The minimum Gasteiger partial charge on any atom is -0.250 e. The minimum absolute atomic E-state index is 0.242. The first-order valence-electron chi connectivity index (χ1n) is 6.11. The van der Waals surface area contributed by atoms with Crippen LogP contribution in [0.2, 0.25) is 0 Å². The van der Waals surface area contributed by atoms with E-state index >= 15 is 0 Å². The molecule has 0 bridgehead atoms. The molecular weight excluding hydrogens is 325 g/mol. The van der Waals surface area contributed by atoms with Gasteiger partial charge in [0.15, 0.2) is 0 Å². The van der Waals surface area contributed by atoms with Gasteiger partial charge in [-0.1, -0.05) is 0 Å². The van der Waals surface area contributed by atoms with E-state index in [4.69, 9.17) is 0 Å². The largest absolute Gasteiger partial charge is 0.433 e. The van der Waals surface area contributed by atoms with Crippen molar-refractivity contribution in [1.29, 1.82) is 0 Å². The number of hydrogen-bond acceptors (Lipinski definition) is 4. The number of thioether (sulfide) groups is 1. The molecule has 0 aliphatic heterocycles. The Morgan fingerprint density at radius 1 is 1.38 bits per heavy atom. The molecule has 1 aromatic rings. The molecule has 0 spiro atoms. The maximum Gasteiger partial charge on any atom is 0.433 e. The lowest BCUT2D eigenvalue weighted by Gasteiger charge is -2.24. The van der Waals surface area contributed by atoms with E-state index in [1.165, 1.54) is 7.05 Å². The fourth-order valence-electron chi connectivity index (χ4n) is 1.57. The van der Waals surface area contributed by atoms with Gasteiger partial charge in [0.05, 0.1) is 0 Å². The normalized spacial score (nSPS) is 14.4. The molecule has 0 fully saturated rings. The third-order valence-electron chi connectivity index (χ3n) is 3.06.